The summed E-state index contributed by atoms with van der Waals surface area (Å²) in [4.78, 5) is 23.7. The van der Waals surface area contributed by atoms with Crippen molar-refractivity contribution in [3.05, 3.63) is 53.6 Å². The van der Waals surface area contributed by atoms with Gasteiger partial charge in [0, 0.05) is 30.1 Å². The number of carboxylic acids is 1. The van der Waals surface area contributed by atoms with Crippen molar-refractivity contribution in [3.63, 3.8) is 0 Å². The van der Waals surface area contributed by atoms with E-state index < -0.39 is 17.8 Å². The summed E-state index contributed by atoms with van der Waals surface area (Å²) < 4.78 is 10.3. The van der Waals surface area contributed by atoms with Crippen molar-refractivity contribution in [1.29, 1.82) is 0 Å². The number of hydrogen-bond acceptors (Lipinski definition) is 5. The molecule has 0 aliphatic heterocycles. The molecule has 1 N–H and O–H groups in total. The van der Waals surface area contributed by atoms with E-state index in [2.05, 4.69) is 5.32 Å². The molecule has 0 saturated heterocycles. The van der Waals surface area contributed by atoms with Crippen LogP contribution in [0.1, 0.15) is 23.5 Å². The van der Waals surface area contributed by atoms with Gasteiger partial charge in [0.1, 0.15) is 0 Å². The SMILES string of the molecule is COc1ccc(NC(=O)CC(C(=O)[O-])c2ccc(C)cc2)cc1OC.[Na+]. The summed E-state index contributed by atoms with van der Waals surface area (Å²) in [7, 11) is 3.01. The Balaban J connectivity index is 0.00000338. The van der Waals surface area contributed by atoms with Crippen LogP contribution in [0.3, 0.4) is 0 Å². The number of aryl methyl sites for hydroxylation is 1. The van der Waals surface area contributed by atoms with Crippen molar-refractivity contribution < 1.29 is 53.7 Å². The van der Waals surface area contributed by atoms with Crippen molar-refractivity contribution in [1.82, 2.24) is 0 Å². The summed E-state index contributed by atoms with van der Waals surface area (Å²) in [6.07, 6.45) is -0.222. The van der Waals surface area contributed by atoms with Gasteiger partial charge in [-0.25, -0.2) is 0 Å². The maximum absolute atomic E-state index is 12.2. The van der Waals surface area contributed by atoms with E-state index in [-0.39, 0.29) is 36.0 Å². The Morgan fingerprint density at radius 2 is 1.65 bits per heavy atom. The molecule has 0 heterocycles. The standard InChI is InChI=1S/C19H21NO5.Na/c1-12-4-6-13(7-5-12)15(19(22)23)11-18(21)20-14-8-9-16(24-2)17(10-14)25-3;/h4-10,15H,11H2,1-3H3,(H,20,21)(H,22,23);/q;+1/p-1. The first-order valence-corrected chi connectivity index (χ1v) is 7.74. The second-order valence-electron chi connectivity index (χ2n) is 5.60. The van der Waals surface area contributed by atoms with Gasteiger partial charge in [0.15, 0.2) is 11.5 Å². The van der Waals surface area contributed by atoms with Gasteiger partial charge in [0.25, 0.3) is 0 Å². The average molecular weight is 365 g/mol. The van der Waals surface area contributed by atoms with E-state index in [0.717, 1.165) is 5.56 Å². The maximum Gasteiger partial charge on any atom is 1.00 e. The van der Waals surface area contributed by atoms with Crippen molar-refractivity contribution in [3.8, 4) is 11.5 Å². The zero-order valence-corrected chi connectivity index (χ0v) is 17.4. The van der Waals surface area contributed by atoms with Crippen LogP contribution < -0.4 is 49.5 Å². The smallest absolute Gasteiger partial charge is 0.549 e. The van der Waals surface area contributed by atoms with Crippen LogP contribution in [0.15, 0.2) is 42.5 Å². The first-order valence-electron chi connectivity index (χ1n) is 7.74. The van der Waals surface area contributed by atoms with Gasteiger partial charge < -0.3 is 24.7 Å². The van der Waals surface area contributed by atoms with Crippen molar-refractivity contribution in [2.24, 2.45) is 0 Å². The average Bonchev–Trinajstić information content (AvgIpc) is 2.60. The molecule has 0 radical (unpaired) electrons. The Hall–Kier alpha value is -2.02. The van der Waals surface area contributed by atoms with Crippen LogP contribution in [0, 0.1) is 6.92 Å². The predicted molar refractivity (Wildman–Crippen MR) is 91.7 cm³/mol. The molecule has 2 aromatic rings. The van der Waals surface area contributed by atoms with E-state index in [4.69, 9.17) is 9.47 Å². The molecule has 0 spiro atoms. The molecule has 1 amide bonds. The zero-order chi connectivity index (χ0) is 18.4. The van der Waals surface area contributed by atoms with Crippen LogP contribution in [0.5, 0.6) is 11.5 Å². The number of carboxylic acid groups (broad SMARTS) is 1. The fourth-order valence-corrected chi connectivity index (χ4v) is 2.45. The third kappa shape index (κ3) is 5.76. The molecule has 2 rings (SSSR count). The molecular weight excluding hydrogens is 345 g/mol. The number of carbonyl (C=O) groups excluding carboxylic acids is 2. The van der Waals surface area contributed by atoms with Gasteiger partial charge in [-0.1, -0.05) is 29.8 Å². The van der Waals surface area contributed by atoms with Crippen LogP contribution in [0.25, 0.3) is 0 Å². The summed E-state index contributed by atoms with van der Waals surface area (Å²) in [5.74, 6) is -1.72. The van der Waals surface area contributed by atoms with E-state index >= 15 is 0 Å². The van der Waals surface area contributed by atoms with Gasteiger partial charge in [-0.2, -0.15) is 0 Å². The summed E-state index contributed by atoms with van der Waals surface area (Å²) in [6.45, 7) is 1.90. The fourth-order valence-electron chi connectivity index (χ4n) is 2.45. The van der Waals surface area contributed by atoms with Gasteiger partial charge in [-0.15, -0.1) is 0 Å². The molecule has 26 heavy (non-hydrogen) atoms. The van der Waals surface area contributed by atoms with Crippen LogP contribution in [0.2, 0.25) is 0 Å². The number of ether oxygens (including phenoxy) is 2. The summed E-state index contributed by atoms with van der Waals surface area (Å²) in [5.41, 5.74) is 2.03. The zero-order valence-electron chi connectivity index (χ0n) is 15.4. The first kappa shape index (κ1) is 22.0. The van der Waals surface area contributed by atoms with E-state index in [9.17, 15) is 14.7 Å². The minimum atomic E-state index is -1.29. The molecule has 0 saturated carbocycles. The Morgan fingerprint density at radius 3 is 2.19 bits per heavy atom. The third-order valence-electron chi connectivity index (χ3n) is 3.82. The number of aliphatic carboxylic acids is 1. The van der Waals surface area contributed by atoms with Gasteiger partial charge in [-0.3, -0.25) is 4.79 Å². The quantitative estimate of drug-likeness (QED) is 0.628. The number of benzene rings is 2. The monoisotopic (exact) mass is 365 g/mol. The van der Waals surface area contributed by atoms with Gasteiger partial charge in [0.2, 0.25) is 5.91 Å². The van der Waals surface area contributed by atoms with Crippen LogP contribution in [-0.2, 0) is 9.59 Å². The number of carbonyl (C=O) groups is 2. The van der Waals surface area contributed by atoms with Crippen LogP contribution in [0.4, 0.5) is 5.69 Å². The summed E-state index contributed by atoms with van der Waals surface area (Å²) in [5, 5.41) is 14.1. The number of anilines is 1. The Bertz CT molecular complexity index is 761. The van der Waals surface area contributed by atoms with E-state index in [1.807, 2.05) is 6.92 Å². The largest absolute Gasteiger partial charge is 1.00 e. The summed E-state index contributed by atoms with van der Waals surface area (Å²) >= 11 is 0. The number of methoxy groups -OCH3 is 2. The van der Waals surface area contributed by atoms with Crippen molar-refractivity contribution in [2.45, 2.75) is 19.3 Å². The first-order chi connectivity index (χ1) is 11.9. The summed E-state index contributed by atoms with van der Waals surface area (Å²) in [6, 6.07) is 11.9. The normalized spacial score (nSPS) is 11.0. The molecule has 132 valence electrons. The second-order valence-corrected chi connectivity index (χ2v) is 5.60. The predicted octanol–water partition coefficient (Wildman–Crippen LogP) is -1.12. The van der Waals surface area contributed by atoms with Crippen molar-refractivity contribution >= 4 is 17.6 Å². The molecule has 0 fully saturated rings. The minimum absolute atomic E-state index is 0. The molecule has 1 unspecified atom stereocenters. The number of rotatable bonds is 7. The van der Waals surface area contributed by atoms with Crippen LogP contribution >= 0.6 is 0 Å². The Morgan fingerprint density at radius 1 is 1.04 bits per heavy atom. The molecule has 0 aliphatic rings. The van der Waals surface area contributed by atoms with E-state index in [0.29, 0.717) is 22.7 Å². The minimum Gasteiger partial charge on any atom is -0.549 e. The molecule has 0 bridgehead atoms. The van der Waals surface area contributed by atoms with Crippen molar-refractivity contribution in [2.75, 3.05) is 19.5 Å². The number of nitrogens with one attached hydrogen (secondary N) is 1. The van der Waals surface area contributed by atoms with Gasteiger partial charge >= 0.3 is 29.6 Å². The number of amides is 1. The van der Waals surface area contributed by atoms with E-state index in [1.165, 1.54) is 14.2 Å². The molecular formula is C19H20NNaO5. The van der Waals surface area contributed by atoms with Crippen LogP contribution in [-0.4, -0.2) is 26.1 Å². The molecule has 1 atom stereocenters. The van der Waals surface area contributed by atoms with Gasteiger partial charge in [-0.05, 0) is 24.6 Å². The second kappa shape index (κ2) is 10.2. The fraction of sp³-hybridized carbons (Fsp3) is 0.263. The molecule has 0 aromatic heterocycles. The van der Waals surface area contributed by atoms with E-state index in [1.54, 1.807) is 42.5 Å². The molecule has 7 heteroatoms. The molecule has 0 aliphatic carbocycles. The molecule has 2 aromatic carbocycles. The third-order valence-corrected chi connectivity index (χ3v) is 3.82. The Labute approximate surface area is 174 Å². The van der Waals surface area contributed by atoms with Gasteiger partial charge in [0.05, 0.1) is 14.2 Å². The molecule has 6 nitrogen and oxygen atoms in total. The topological polar surface area (TPSA) is 87.7 Å². The number of hydrogen-bond donors (Lipinski definition) is 1. The maximum atomic E-state index is 12.2. The Kier molecular flexibility index (Phi) is 8.65.